The van der Waals surface area contributed by atoms with Gasteiger partial charge in [0.1, 0.15) is 29.7 Å². The van der Waals surface area contributed by atoms with Crippen molar-refractivity contribution in [2.75, 3.05) is 12.0 Å². The molecule has 0 bridgehead atoms. The number of nitrogens with zero attached hydrogens (tertiary/aromatic N) is 4. The Balaban J connectivity index is 1.60. The van der Waals surface area contributed by atoms with Gasteiger partial charge < -0.3 is 10.1 Å². The zero-order valence-corrected chi connectivity index (χ0v) is 21.2. The summed E-state index contributed by atoms with van der Waals surface area (Å²) in [6, 6.07) is 19.0. The molecule has 4 aromatic rings. The average Bonchev–Trinajstić information content (AvgIpc) is 3.35. The first-order chi connectivity index (χ1) is 18.6. The number of aromatic nitrogens is 3. The summed E-state index contributed by atoms with van der Waals surface area (Å²) in [6.07, 6.45) is 4.86. The Morgan fingerprint density at radius 2 is 1.74 bits per heavy atom. The Morgan fingerprint density at radius 3 is 2.53 bits per heavy atom. The van der Waals surface area contributed by atoms with Gasteiger partial charge in [0.25, 0.3) is 0 Å². The lowest BCUT2D eigenvalue weighted by Crippen LogP contribution is -2.48. The number of amides is 2. The van der Waals surface area contributed by atoms with Crippen molar-refractivity contribution in [2.45, 2.75) is 50.7 Å². The number of benzene rings is 3. The molecule has 9 heteroatoms. The predicted octanol–water partition coefficient (Wildman–Crippen LogP) is 4.80. The third-order valence-electron chi connectivity index (χ3n) is 6.98. The van der Waals surface area contributed by atoms with E-state index in [9.17, 15) is 9.59 Å². The second-order valence-electron chi connectivity index (χ2n) is 9.44. The Bertz CT molecular complexity index is 1430. The van der Waals surface area contributed by atoms with Crippen molar-refractivity contribution in [3.05, 3.63) is 84.2 Å². The number of carbonyl (C=O) groups is 2. The molecule has 3 aromatic carbocycles. The number of hydrogen-bond acceptors (Lipinski definition) is 5. The number of carbonyl (C=O) groups excluding carboxylic acids is 2. The molecule has 1 aliphatic rings. The third-order valence-corrected chi connectivity index (χ3v) is 6.98. The summed E-state index contributed by atoms with van der Waals surface area (Å²) in [5.41, 5.74) is 1.78. The lowest BCUT2D eigenvalue weighted by atomic mass is 9.94. The van der Waals surface area contributed by atoms with Crippen LogP contribution >= 0.6 is 0 Å². The predicted molar refractivity (Wildman–Crippen MR) is 142 cm³/mol. The molecule has 1 aromatic heterocycles. The zero-order valence-electron chi connectivity index (χ0n) is 21.2. The zero-order chi connectivity index (χ0) is 26.5. The molecular formula is C29H30FN5O3. The summed E-state index contributed by atoms with van der Waals surface area (Å²) in [4.78, 5) is 29.4. The van der Waals surface area contributed by atoms with Gasteiger partial charge in [0.15, 0.2) is 0 Å². The van der Waals surface area contributed by atoms with E-state index < -0.39 is 23.7 Å². The van der Waals surface area contributed by atoms with Crippen molar-refractivity contribution < 1.29 is 18.7 Å². The third kappa shape index (κ3) is 5.22. The van der Waals surface area contributed by atoms with Gasteiger partial charge >= 0.3 is 0 Å². The first kappa shape index (κ1) is 25.4. The molecule has 1 atom stereocenters. The highest BCUT2D eigenvalue weighted by Gasteiger charge is 2.37. The molecule has 1 fully saturated rings. The van der Waals surface area contributed by atoms with E-state index >= 15 is 4.39 Å². The molecule has 1 heterocycles. The van der Waals surface area contributed by atoms with Gasteiger partial charge in [-0.25, -0.2) is 9.07 Å². The van der Waals surface area contributed by atoms with Crippen molar-refractivity contribution in [1.29, 1.82) is 0 Å². The van der Waals surface area contributed by atoms with Crippen LogP contribution in [0.2, 0.25) is 0 Å². The molecular weight excluding hydrogens is 485 g/mol. The van der Waals surface area contributed by atoms with Crippen LogP contribution < -0.4 is 15.0 Å². The number of fused-ring (bicyclic) bond motifs is 1. The molecule has 0 aliphatic heterocycles. The molecule has 5 rings (SSSR count). The standard InChI is InChI=1S/C29H30FN5O3/c1-38-26-18-10-9-17-25(26)35(27(36)19-34-24-16-8-7-15-23(24)32-33-34)28(21-13-5-6-14-22(21)30)29(37)31-20-11-3-2-4-12-20/h5-10,13-18,20,28H,2-4,11-12,19H2,1H3,(H,31,37)/t28-/m0/s1. The second-order valence-corrected chi connectivity index (χ2v) is 9.44. The highest BCUT2D eigenvalue weighted by molar-refractivity contribution is 6.02. The van der Waals surface area contributed by atoms with Crippen molar-refractivity contribution in [3.8, 4) is 5.75 Å². The minimum atomic E-state index is -1.27. The van der Waals surface area contributed by atoms with Gasteiger partial charge in [0.05, 0.1) is 18.3 Å². The van der Waals surface area contributed by atoms with E-state index in [1.165, 1.54) is 22.8 Å². The van der Waals surface area contributed by atoms with Crippen molar-refractivity contribution in [2.24, 2.45) is 0 Å². The van der Waals surface area contributed by atoms with Crippen LogP contribution in [-0.2, 0) is 16.1 Å². The fourth-order valence-electron chi connectivity index (χ4n) is 5.11. The van der Waals surface area contributed by atoms with Crippen LogP contribution in [0.3, 0.4) is 0 Å². The van der Waals surface area contributed by atoms with Gasteiger partial charge in [-0.05, 0) is 43.2 Å². The SMILES string of the molecule is COc1ccccc1N(C(=O)Cn1nnc2ccccc21)[C@H](C(=O)NC1CCCCC1)c1ccccc1F. The van der Waals surface area contributed by atoms with Crippen LogP contribution in [0.25, 0.3) is 11.0 Å². The molecule has 38 heavy (non-hydrogen) atoms. The Hall–Kier alpha value is -4.27. The van der Waals surface area contributed by atoms with Crippen LogP contribution in [0.1, 0.15) is 43.7 Å². The Kier molecular flexibility index (Phi) is 7.62. The Morgan fingerprint density at radius 1 is 1.03 bits per heavy atom. The van der Waals surface area contributed by atoms with Gasteiger partial charge in [0.2, 0.25) is 11.8 Å². The van der Waals surface area contributed by atoms with E-state index in [-0.39, 0.29) is 18.2 Å². The number of hydrogen-bond donors (Lipinski definition) is 1. The molecule has 2 amide bonds. The number of para-hydroxylation sites is 3. The van der Waals surface area contributed by atoms with Crippen molar-refractivity contribution in [1.82, 2.24) is 20.3 Å². The number of anilines is 1. The van der Waals surface area contributed by atoms with Crippen LogP contribution in [0.5, 0.6) is 5.75 Å². The Labute approximate surface area is 220 Å². The van der Waals surface area contributed by atoms with Crippen LogP contribution in [0.4, 0.5) is 10.1 Å². The smallest absolute Gasteiger partial charge is 0.249 e. The minimum Gasteiger partial charge on any atom is -0.495 e. The maximum absolute atomic E-state index is 15.3. The average molecular weight is 516 g/mol. The van der Waals surface area contributed by atoms with Gasteiger partial charge in [-0.3, -0.25) is 14.5 Å². The number of nitrogens with one attached hydrogen (secondary N) is 1. The van der Waals surface area contributed by atoms with Crippen molar-refractivity contribution >= 4 is 28.5 Å². The minimum absolute atomic E-state index is 0.0283. The van der Waals surface area contributed by atoms with Gasteiger partial charge in [0, 0.05) is 11.6 Å². The number of rotatable bonds is 8. The summed E-state index contributed by atoms with van der Waals surface area (Å²) >= 11 is 0. The molecule has 0 radical (unpaired) electrons. The van der Waals surface area contributed by atoms with Crippen LogP contribution in [-0.4, -0.2) is 40.0 Å². The molecule has 1 saturated carbocycles. The fourth-order valence-corrected chi connectivity index (χ4v) is 5.11. The monoisotopic (exact) mass is 515 g/mol. The largest absolute Gasteiger partial charge is 0.495 e. The molecule has 0 spiro atoms. The molecule has 8 nitrogen and oxygen atoms in total. The van der Waals surface area contributed by atoms with E-state index in [0.717, 1.165) is 32.1 Å². The van der Waals surface area contributed by atoms with E-state index in [1.54, 1.807) is 48.5 Å². The summed E-state index contributed by atoms with van der Waals surface area (Å²) in [6.45, 7) is -0.208. The van der Waals surface area contributed by atoms with E-state index in [1.807, 2.05) is 18.2 Å². The van der Waals surface area contributed by atoms with E-state index in [4.69, 9.17) is 4.74 Å². The quantitative estimate of drug-likeness (QED) is 0.364. The summed E-state index contributed by atoms with van der Waals surface area (Å²) in [7, 11) is 1.49. The first-order valence-electron chi connectivity index (χ1n) is 12.8. The summed E-state index contributed by atoms with van der Waals surface area (Å²) < 4.78 is 22.4. The van der Waals surface area contributed by atoms with Crippen molar-refractivity contribution in [3.63, 3.8) is 0 Å². The molecule has 196 valence electrons. The summed E-state index contributed by atoms with van der Waals surface area (Å²) in [5.74, 6) is -1.09. The van der Waals surface area contributed by atoms with Gasteiger partial charge in [-0.2, -0.15) is 0 Å². The van der Waals surface area contributed by atoms with Crippen LogP contribution in [0.15, 0.2) is 72.8 Å². The van der Waals surface area contributed by atoms with E-state index in [2.05, 4.69) is 15.6 Å². The molecule has 1 N–H and O–H groups in total. The molecule has 0 unspecified atom stereocenters. The molecule has 0 saturated heterocycles. The topological polar surface area (TPSA) is 89.3 Å². The number of methoxy groups -OCH3 is 1. The summed E-state index contributed by atoms with van der Waals surface area (Å²) in [5, 5.41) is 11.4. The number of ether oxygens (including phenoxy) is 1. The first-order valence-corrected chi connectivity index (χ1v) is 12.8. The van der Waals surface area contributed by atoms with Crippen LogP contribution in [0, 0.1) is 5.82 Å². The maximum atomic E-state index is 15.3. The normalized spacial score (nSPS) is 14.7. The lowest BCUT2D eigenvalue weighted by Gasteiger charge is -2.34. The van der Waals surface area contributed by atoms with Gasteiger partial charge in [-0.15, -0.1) is 5.10 Å². The fraction of sp³-hybridized carbons (Fsp3) is 0.310. The van der Waals surface area contributed by atoms with Gasteiger partial charge in [-0.1, -0.05) is 66.9 Å². The number of halogens is 1. The second kappa shape index (κ2) is 11.4. The maximum Gasteiger partial charge on any atom is 0.249 e. The van der Waals surface area contributed by atoms with E-state index in [0.29, 0.717) is 22.5 Å². The molecule has 1 aliphatic carbocycles. The lowest BCUT2D eigenvalue weighted by molar-refractivity contribution is -0.127. The highest BCUT2D eigenvalue weighted by atomic mass is 19.1. The highest BCUT2D eigenvalue weighted by Crippen LogP contribution is 2.36.